The van der Waals surface area contributed by atoms with Crippen LogP contribution in [-0.4, -0.2) is 41.9 Å². The monoisotopic (exact) mass is 239 g/mol. The van der Waals surface area contributed by atoms with Crippen molar-refractivity contribution in [2.24, 2.45) is 11.7 Å². The van der Waals surface area contributed by atoms with Crippen molar-refractivity contribution in [3.63, 3.8) is 0 Å². The number of hydrogen-bond acceptors (Lipinski definition) is 3. The van der Waals surface area contributed by atoms with Crippen molar-refractivity contribution in [3.05, 3.63) is 0 Å². The summed E-state index contributed by atoms with van der Waals surface area (Å²) in [6.07, 6.45) is 3.08. The average molecular weight is 239 g/mol. The highest BCUT2D eigenvalue weighted by Crippen LogP contribution is 2.30. The van der Waals surface area contributed by atoms with Crippen LogP contribution in [0.4, 0.5) is 0 Å². The number of hydrogen-bond donors (Lipinski definition) is 2. The van der Waals surface area contributed by atoms with E-state index in [1.54, 1.807) is 0 Å². The van der Waals surface area contributed by atoms with Crippen molar-refractivity contribution in [2.45, 2.75) is 44.7 Å². The van der Waals surface area contributed by atoms with Crippen LogP contribution in [0.3, 0.4) is 0 Å². The fourth-order valence-corrected chi connectivity index (χ4v) is 2.31. The molecule has 17 heavy (non-hydrogen) atoms. The van der Waals surface area contributed by atoms with E-state index in [0.29, 0.717) is 6.42 Å². The predicted octanol–water partition coefficient (Wildman–Crippen LogP) is -0.149. The second-order valence-corrected chi connectivity index (χ2v) is 5.03. The number of nitrogens with two attached hydrogens (primary N) is 1. The lowest BCUT2D eigenvalue weighted by Crippen LogP contribution is -2.47. The Kier molecular flexibility index (Phi) is 3.66. The van der Waals surface area contributed by atoms with Crippen LogP contribution in [0, 0.1) is 5.92 Å². The number of rotatable bonds is 3. The summed E-state index contributed by atoms with van der Waals surface area (Å²) in [5, 5.41) is 2.98. The summed E-state index contributed by atoms with van der Waals surface area (Å²) in [4.78, 5) is 25.1. The standard InChI is InChI=1S/C12H21N3O2/c1-2-11(16)14-8-3-5-15(6-4-8)12(17)9-7-10(9)13/h8-10H,2-7,13H2,1H3,(H,14,16). The molecule has 1 aliphatic heterocycles. The molecule has 2 rings (SSSR count). The largest absolute Gasteiger partial charge is 0.353 e. The Labute approximate surface area is 102 Å². The van der Waals surface area contributed by atoms with Gasteiger partial charge in [0.05, 0.1) is 5.92 Å². The molecule has 5 heteroatoms. The molecule has 5 nitrogen and oxygen atoms in total. The molecule has 1 aliphatic carbocycles. The van der Waals surface area contributed by atoms with E-state index in [4.69, 9.17) is 5.73 Å². The molecular weight excluding hydrogens is 218 g/mol. The van der Waals surface area contributed by atoms with Gasteiger partial charge in [0.15, 0.2) is 0 Å². The van der Waals surface area contributed by atoms with E-state index in [1.165, 1.54) is 0 Å². The lowest BCUT2D eigenvalue weighted by Gasteiger charge is -2.32. The van der Waals surface area contributed by atoms with Crippen molar-refractivity contribution in [2.75, 3.05) is 13.1 Å². The molecule has 2 fully saturated rings. The van der Waals surface area contributed by atoms with Crippen LogP contribution in [0.15, 0.2) is 0 Å². The van der Waals surface area contributed by atoms with Gasteiger partial charge in [0.25, 0.3) is 0 Å². The van der Waals surface area contributed by atoms with Gasteiger partial charge in [-0.1, -0.05) is 6.92 Å². The van der Waals surface area contributed by atoms with E-state index in [2.05, 4.69) is 5.32 Å². The van der Waals surface area contributed by atoms with E-state index in [1.807, 2.05) is 11.8 Å². The minimum absolute atomic E-state index is 0.0665. The van der Waals surface area contributed by atoms with Crippen molar-refractivity contribution in [3.8, 4) is 0 Å². The zero-order valence-electron chi connectivity index (χ0n) is 10.3. The third kappa shape index (κ3) is 2.97. The van der Waals surface area contributed by atoms with Gasteiger partial charge in [-0.2, -0.15) is 0 Å². The normalized spacial score (nSPS) is 28.9. The first-order valence-electron chi connectivity index (χ1n) is 6.45. The number of carbonyl (C=O) groups is 2. The summed E-state index contributed by atoms with van der Waals surface area (Å²) in [5.74, 6) is 0.369. The number of nitrogens with one attached hydrogen (secondary N) is 1. The smallest absolute Gasteiger partial charge is 0.227 e. The maximum Gasteiger partial charge on any atom is 0.227 e. The number of nitrogens with zero attached hydrogens (tertiary/aromatic N) is 1. The topological polar surface area (TPSA) is 75.4 Å². The average Bonchev–Trinajstić information content (AvgIpc) is 3.06. The Balaban J connectivity index is 1.74. The van der Waals surface area contributed by atoms with Gasteiger partial charge in [-0.05, 0) is 19.3 Å². The second-order valence-electron chi connectivity index (χ2n) is 5.03. The Morgan fingerprint density at radius 1 is 1.35 bits per heavy atom. The first kappa shape index (κ1) is 12.4. The third-order valence-electron chi connectivity index (χ3n) is 3.65. The molecule has 2 aliphatic rings. The van der Waals surface area contributed by atoms with Gasteiger partial charge in [0.1, 0.15) is 0 Å². The van der Waals surface area contributed by atoms with Crippen molar-refractivity contribution in [1.82, 2.24) is 10.2 Å². The number of carbonyl (C=O) groups excluding carboxylic acids is 2. The second kappa shape index (κ2) is 5.04. The molecule has 0 aromatic heterocycles. The van der Waals surface area contributed by atoms with Gasteiger partial charge in [0.2, 0.25) is 11.8 Å². The SMILES string of the molecule is CCC(=O)NC1CCN(C(=O)C2CC2N)CC1. The molecule has 1 heterocycles. The number of likely N-dealkylation sites (tertiary alicyclic amines) is 1. The third-order valence-corrected chi connectivity index (χ3v) is 3.65. The minimum atomic E-state index is 0.0665. The molecule has 3 N–H and O–H groups in total. The van der Waals surface area contributed by atoms with E-state index in [-0.39, 0.29) is 29.8 Å². The Hall–Kier alpha value is -1.10. The Morgan fingerprint density at radius 2 is 1.94 bits per heavy atom. The summed E-state index contributed by atoms with van der Waals surface area (Å²) < 4.78 is 0. The van der Waals surface area contributed by atoms with Gasteiger partial charge in [-0.3, -0.25) is 9.59 Å². The molecule has 0 bridgehead atoms. The summed E-state index contributed by atoms with van der Waals surface area (Å²) in [7, 11) is 0. The van der Waals surface area contributed by atoms with Crippen LogP contribution < -0.4 is 11.1 Å². The van der Waals surface area contributed by atoms with E-state index in [0.717, 1.165) is 32.4 Å². The fourth-order valence-electron chi connectivity index (χ4n) is 2.31. The molecule has 2 unspecified atom stereocenters. The quantitative estimate of drug-likeness (QED) is 0.719. The number of amides is 2. The molecule has 0 aromatic carbocycles. The number of piperidine rings is 1. The Bertz CT molecular complexity index is 311. The Morgan fingerprint density at radius 3 is 2.41 bits per heavy atom. The van der Waals surface area contributed by atoms with Crippen LogP contribution in [0.5, 0.6) is 0 Å². The van der Waals surface area contributed by atoms with Gasteiger partial charge in [0, 0.05) is 31.6 Å². The van der Waals surface area contributed by atoms with E-state index in [9.17, 15) is 9.59 Å². The maximum atomic E-state index is 11.9. The highest BCUT2D eigenvalue weighted by atomic mass is 16.2. The first-order valence-corrected chi connectivity index (χ1v) is 6.45. The molecule has 1 saturated carbocycles. The summed E-state index contributed by atoms with van der Waals surface area (Å²) >= 11 is 0. The zero-order chi connectivity index (χ0) is 12.4. The highest BCUT2D eigenvalue weighted by Gasteiger charge is 2.42. The molecule has 96 valence electrons. The maximum absolute atomic E-state index is 11.9. The van der Waals surface area contributed by atoms with E-state index < -0.39 is 0 Å². The lowest BCUT2D eigenvalue weighted by atomic mass is 10.0. The summed E-state index contributed by atoms with van der Waals surface area (Å²) in [6.45, 7) is 3.34. The van der Waals surface area contributed by atoms with Gasteiger partial charge in [-0.15, -0.1) is 0 Å². The molecule has 0 radical (unpaired) electrons. The summed E-state index contributed by atoms with van der Waals surface area (Å²) in [6, 6.07) is 0.319. The zero-order valence-corrected chi connectivity index (χ0v) is 10.3. The first-order chi connectivity index (χ1) is 8.11. The van der Waals surface area contributed by atoms with Gasteiger partial charge < -0.3 is 16.0 Å². The van der Waals surface area contributed by atoms with Crippen LogP contribution in [0.25, 0.3) is 0 Å². The molecule has 1 saturated heterocycles. The van der Waals surface area contributed by atoms with Crippen LogP contribution in [0.2, 0.25) is 0 Å². The van der Waals surface area contributed by atoms with Gasteiger partial charge in [-0.25, -0.2) is 0 Å². The van der Waals surface area contributed by atoms with Crippen molar-refractivity contribution < 1.29 is 9.59 Å². The molecule has 0 aromatic rings. The lowest BCUT2D eigenvalue weighted by molar-refractivity contribution is -0.133. The van der Waals surface area contributed by atoms with Crippen molar-refractivity contribution >= 4 is 11.8 Å². The molecule has 2 atom stereocenters. The highest BCUT2D eigenvalue weighted by molar-refractivity contribution is 5.82. The molecule has 2 amide bonds. The van der Waals surface area contributed by atoms with Crippen LogP contribution >= 0.6 is 0 Å². The van der Waals surface area contributed by atoms with Crippen molar-refractivity contribution in [1.29, 1.82) is 0 Å². The molecule has 0 spiro atoms. The fraction of sp³-hybridized carbons (Fsp3) is 0.833. The summed E-state index contributed by atoms with van der Waals surface area (Å²) in [5.41, 5.74) is 5.68. The predicted molar refractivity (Wildman–Crippen MR) is 64.1 cm³/mol. The minimum Gasteiger partial charge on any atom is -0.353 e. The van der Waals surface area contributed by atoms with E-state index >= 15 is 0 Å². The molecular formula is C12H21N3O2. The van der Waals surface area contributed by atoms with Crippen LogP contribution in [-0.2, 0) is 9.59 Å². The van der Waals surface area contributed by atoms with Crippen LogP contribution in [0.1, 0.15) is 32.6 Å². The van der Waals surface area contributed by atoms with Gasteiger partial charge >= 0.3 is 0 Å².